The number of nitrogens with zero attached hydrogens (tertiary/aromatic N) is 1. The third kappa shape index (κ3) is 1.89. The summed E-state index contributed by atoms with van der Waals surface area (Å²) in [5, 5.41) is 4.14. The molecule has 0 bridgehead atoms. The van der Waals surface area contributed by atoms with E-state index in [0.717, 1.165) is 12.2 Å². The average Bonchev–Trinajstić information content (AvgIpc) is 2.36. The molecule has 0 atom stereocenters. The van der Waals surface area contributed by atoms with Crippen molar-refractivity contribution in [1.29, 1.82) is 0 Å². The zero-order valence-corrected chi connectivity index (χ0v) is 7.40. The number of thioether (sulfide) groups is 1. The third-order valence-electron chi connectivity index (χ3n) is 2.19. The highest BCUT2D eigenvalue weighted by molar-refractivity contribution is 8.00. The smallest absolute Gasteiger partial charge is 0.127 e. The van der Waals surface area contributed by atoms with Crippen LogP contribution in [0.25, 0.3) is 0 Å². The van der Waals surface area contributed by atoms with Crippen molar-refractivity contribution in [1.82, 2.24) is 0 Å². The molecule has 0 aromatic heterocycles. The minimum absolute atomic E-state index is 0.452. The van der Waals surface area contributed by atoms with Crippen LogP contribution in [-0.4, -0.2) is 23.3 Å². The molecule has 1 aliphatic heterocycles. The van der Waals surface area contributed by atoms with Crippen molar-refractivity contribution in [2.75, 3.05) is 11.5 Å². The van der Waals surface area contributed by atoms with E-state index in [2.05, 4.69) is 5.16 Å². The van der Waals surface area contributed by atoms with E-state index >= 15 is 0 Å². The predicted molar refractivity (Wildman–Crippen MR) is 48.1 cm³/mol. The molecule has 2 aliphatic rings. The largest absolute Gasteiger partial charge is 0.393 e. The summed E-state index contributed by atoms with van der Waals surface area (Å²) in [7, 11) is 0. The Morgan fingerprint density at radius 3 is 2.91 bits per heavy atom. The van der Waals surface area contributed by atoms with E-state index in [1.165, 1.54) is 30.7 Å². The van der Waals surface area contributed by atoms with E-state index in [9.17, 15) is 0 Å². The molecule has 0 N–H and O–H groups in total. The Labute approximate surface area is 71.4 Å². The first kappa shape index (κ1) is 7.47. The standard InChI is InChI=1S/C8H13NOS/c1-2-8(3-1)10-9-7-4-5-11-6-7/h8H,1-6H2/b9-7+. The molecule has 3 heteroatoms. The molecule has 0 aromatic carbocycles. The maximum atomic E-state index is 5.34. The van der Waals surface area contributed by atoms with Gasteiger partial charge in [-0.15, -0.1) is 0 Å². The lowest BCUT2D eigenvalue weighted by molar-refractivity contribution is 0.00575. The van der Waals surface area contributed by atoms with Gasteiger partial charge in [0.1, 0.15) is 6.10 Å². The van der Waals surface area contributed by atoms with Crippen molar-refractivity contribution in [3.8, 4) is 0 Å². The quantitative estimate of drug-likeness (QED) is 0.593. The zero-order chi connectivity index (χ0) is 7.52. The average molecular weight is 171 g/mol. The normalized spacial score (nSPS) is 28.9. The van der Waals surface area contributed by atoms with E-state index in [1.807, 2.05) is 11.8 Å². The van der Waals surface area contributed by atoms with Gasteiger partial charge in [0, 0.05) is 5.75 Å². The Balaban J connectivity index is 1.73. The first-order valence-electron chi connectivity index (χ1n) is 4.24. The van der Waals surface area contributed by atoms with Gasteiger partial charge in [0.25, 0.3) is 0 Å². The molecule has 0 aromatic rings. The van der Waals surface area contributed by atoms with Crippen molar-refractivity contribution in [3.63, 3.8) is 0 Å². The summed E-state index contributed by atoms with van der Waals surface area (Å²) in [6.07, 6.45) is 5.34. The van der Waals surface area contributed by atoms with Gasteiger partial charge < -0.3 is 4.84 Å². The Kier molecular flexibility index (Phi) is 2.36. The molecule has 1 aliphatic carbocycles. The van der Waals surface area contributed by atoms with Crippen molar-refractivity contribution in [3.05, 3.63) is 0 Å². The third-order valence-corrected chi connectivity index (χ3v) is 3.22. The summed E-state index contributed by atoms with van der Waals surface area (Å²) in [4.78, 5) is 5.34. The molecule has 1 saturated carbocycles. The van der Waals surface area contributed by atoms with Crippen LogP contribution in [0.3, 0.4) is 0 Å². The number of oxime groups is 1. The van der Waals surface area contributed by atoms with Crippen molar-refractivity contribution in [2.45, 2.75) is 31.8 Å². The van der Waals surface area contributed by atoms with Gasteiger partial charge in [0.05, 0.1) is 5.71 Å². The van der Waals surface area contributed by atoms with Crippen LogP contribution in [0.2, 0.25) is 0 Å². The van der Waals surface area contributed by atoms with Gasteiger partial charge in [-0.05, 0) is 31.4 Å². The first-order chi connectivity index (χ1) is 5.45. The van der Waals surface area contributed by atoms with Gasteiger partial charge >= 0.3 is 0 Å². The molecular weight excluding hydrogens is 158 g/mol. The molecule has 0 radical (unpaired) electrons. The SMILES string of the molecule is C1CC(O/N=C2\CCSC2)C1. The van der Waals surface area contributed by atoms with Crippen LogP contribution in [0, 0.1) is 0 Å². The Bertz CT molecular complexity index is 157. The van der Waals surface area contributed by atoms with E-state index in [1.54, 1.807) is 0 Å². The summed E-state index contributed by atoms with van der Waals surface area (Å²) < 4.78 is 0. The molecule has 1 heterocycles. The van der Waals surface area contributed by atoms with E-state index in [-0.39, 0.29) is 0 Å². The highest BCUT2D eigenvalue weighted by Gasteiger charge is 2.19. The summed E-state index contributed by atoms with van der Waals surface area (Å²) in [6.45, 7) is 0. The van der Waals surface area contributed by atoms with Crippen molar-refractivity contribution >= 4 is 17.5 Å². The molecule has 62 valence electrons. The van der Waals surface area contributed by atoms with Crippen molar-refractivity contribution in [2.24, 2.45) is 5.16 Å². The number of hydrogen-bond donors (Lipinski definition) is 0. The van der Waals surface area contributed by atoms with Crippen molar-refractivity contribution < 1.29 is 4.84 Å². The monoisotopic (exact) mass is 171 g/mol. The Morgan fingerprint density at radius 1 is 1.45 bits per heavy atom. The summed E-state index contributed by atoms with van der Waals surface area (Å²) in [6, 6.07) is 0. The molecule has 1 saturated heterocycles. The van der Waals surface area contributed by atoms with E-state index < -0.39 is 0 Å². The van der Waals surface area contributed by atoms with Crippen LogP contribution in [0.15, 0.2) is 5.16 Å². The zero-order valence-electron chi connectivity index (χ0n) is 6.58. The molecule has 2 nitrogen and oxygen atoms in total. The fourth-order valence-electron chi connectivity index (χ4n) is 1.15. The highest BCUT2D eigenvalue weighted by atomic mass is 32.2. The van der Waals surface area contributed by atoms with Gasteiger partial charge in [-0.3, -0.25) is 0 Å². The minimum Gasteiger partial charge on any atom is -0.393 e. The predicted octanol–water partition coefficient (Wildman–Crippen LogP) is 2.05. The second-order valence-corrected chi connectivity index (χ2v) is 4.22. The second kappa shape index (κ2) is 3.48. The lowest BCUT2D eigenvalue weighted by Gasteiger charge is -2.22. The van der Waals surface area contributed by atoms with Crippen LogP contribution in [-0.2, 0) is 4.84 Å². The summed E-state index contributed by atoms with van der Waals surface area (Å²) in [5.41, 5.74) is 1.25. The highest BCUT2D eigenvalue weighted by Crippen LogP contribution is 2.23. The molecular formula is C8H13NOS. The maximum absolute atomic E-state index is 5.34. The minimum atomic E-state index is 0.452. The van der Waals surface area contributed by atoms with Gasteiger partial charge in [0.15, 0.2) is 0 Å². The maximum Gasteiger partial charge on any atom is 0.127 e. The van der Waals surface area contributed by atoms with Crippen LogP contribution >= 0.6 is 11.8 Å². The van der Waals surface area contributed by atoms with E-state index in [4.69, 9.17) is 4.84 Å². The number of rotatable bonds is 2. The van der Waals surface area contributed by atoms with Gasteiger partial charge in [0.2, 0.25) is 0 Å². The number of hydrogen-bond acceptors (Lipinski definition) is 3. The van der Waals surface area contributed by atoms with Crippen LogP contribution in [0.5, 0.6) is 0 Å². The lowest BCUT2D eigenvalue weighted by Crippen LogP contribution is -2.19. The Morgan fingerprint density at radius 2 is 2.36 bits per heavy atom. The fraction of sp³-hybridized carbons (Fsp3) is 0.875. The first-order valence-corrected chi connectivity index (χ1v) is 5.40. The fourth-order valence-corrected chi connectivity index (χ4v) is 2.11. The van der Waals surface area contributed by atoms with E-state index in [0.29, 0.717) is 6.10 Å². The van der Waals surface area contributed by atoms with Gasteiger partial charge in [-0.25, -0.2) is 0 Å². The summed E-state index contributed by atoms with van der Waals surface area (Å²) in [5.74, 6) is 2.32. The Hall–Kier alpha value is -0.180. The molecule has 2 rings (SSSR count). The van der Waals surface area contributed by atoms with Gasteiger partial charge in [-0.1, -0.05) is 5.16 Å². The molecule has 0 spiro atoms. The molecule has 11 heavy (non-hydrogen) atoms. The summed E-state index contributed by atoms with van der Waals surface area (Å²) >= 11 is 1.95. The lowest BCUT2D eigenvalue weighted by atomic mass is 9.97. The van der Waals surface area contributed by atoms with Crippen LogP contribution in [0.1, 0.15) is 25.7 Å². The van der Waals surface area contributed by atoms with Gasteiger partial charge in [-0.2, -0.15) is 11.8 Å². The topological polar surface area (TPSA) is 21.6 Å². The van der Waals surface area contributed by atoms with Crippen LogP contribution in [0.4, 0.5) is 0 Å². The second-order valence-electron chi connectivity index (χ2n) is 3.12. The molecule has 0 unspecified atom stereocenters. The molecule has 2 fully saturated rings. The molecule has 0 amide bonds. The van der Waals surface area contributed by atoms with Crippen LogP contribution < -0.4 is 0 Å².